The van der Waals surface area contributed by atoms with Crippen molar-refractivity contribution in [2.45, 2.75) is 0 Å². The van der Waals surface area contributed by atoms with Crippen molar-refractivity contribution in [1.29, 1.82) is 0 Å². The number of nitrogens with zero attached hydrogens (tertiary/aromatic N) is 1. The van der Waals surface area contributed by atoms with Gasteiger partial charge in [0.05, 0.1) is 10.7 Å². The van der Waals surface area contributed by atoms with Crippen LogP contribution in [0.2, 0.25) is 10.0 Å². The largest absolute Gasteiger partial charge is 0.339 e. The van der Waals surface area contributed by atoms with Gasteiger partial charge in [-0.3, -0.25) is 0 Å². The standard InChI is InChI=1S/C11H7Cl2FN2/c12-7-4-5-8(13)9(6-7)15-11-3-1-2-10(14)16-11/h1-6H,(H,15,16). The Morgan fingerprint density at radius 2 is 1.94 bits per heavy atom. The lowest BCUT2D eigenvalue weighted by atomic mass is 10.3. The first kappa shape index (κ1) is 11.2. The molecule has 0 saturated carbocycles. The van der Waals surface area contributed by atoms with Crippen molar-refractivity contribution >= 4 is 34.7 Å². The molecule has 1 N–H and O–H groups in total. The number of rotatable bonds is 2. The Morgan fingerprint density at radius 1 is 1.12 bits per heavy atom. The number of halogens is 3. The van der Waals surface area contributed by atoms with Gasteiger partial charge in [-0.05, 0) is 30.3 Å². The molecule has 5 heteroatoms. The highest BCUT2D eigenvalue weighted by atomic mass is 35.5. The van der Waals surface area contributed by atoms with E-state index in [1.165, 1.54) is 6.07 Å². The summed E-state index contributed by atoms with van der Waals surface area (Å²) in [5.41, 5.74) is 0.590. The third kappa shape index (κ3) is 2.62. The Balaban J connectivity index is 2.30. The van der Waals surface area contributed by atoms with Crippen molar-refractivity contribution in [3.8, 4) is 0 Å². The molecule has 1 aromatic carbocycles. The number of pyridine rings is 1. The summed E-state index contributed by atoms with van der Waals surface area (Å²) in [6.07, 6.45) is 0. The van der Waals surface area contributed by atoms with E-state index < -0.39 is 5.95 Å². The lowest BCUT2D eigenvalue weighted by Gasteiger charge is -2.07. The van der Waals surface area contributed by atoms with Crippen LogP contribution in [0.5, 0.6) is 0 Å². The van der Waals surface area contributed by atoms with Crippen LogP contribution in [0.1, 0.15) is 0 Å². The quantitative estimate of drug-likeness (QED) is 0.812. The molecule has 0 spiro atoms. The van der Waals surface area contributed by atoms with Gasteiger partial charge in [-0.25, -0.2) is 4.98 Å². The van der Waals surface area contributed by atoms with E-state index in [1.807, 2.05) is 0 Å². The van der Waals surface area contributed by atoms with Crippen LogP contribution in [0.25, 0.3) is 0 Å². The van der Waals surface area contributed by atoms with Gasteiger partial charge < -0.3 is 5.32 Å². The molecule has 82 valence electrons. The van der Waals surface area contributed by atoms with E-state index in [4.69, 9.17) is 23.2 Å². The lowest BCUT2D eigenvalue weighted by molar-refractivity contribution is 0.585. The summed E-state index contributed by atoms with van der Waals surface area (Å²) in [7, 11) is 0. The fraction of sp³-hybridized carbons (Fsp3) is 0. The van der Waals surface area contributed by atoms with Gasteiger partial charge in [0.1, 0.15) is 5.82 Å². The van der Waals surface area contributed by atoms with Crippen LogP contribution in [-0.2, 0) is 0 Å². The number of benzene rings is 1. The third-order valence-electron chi connectivity index (χ3n) is 1.91. The van der Waals surface area contributed by atoms with Crippen molar-refractivity contribution in [2.75, 3.05) is 5.32 Å². The minimum absolute atomic E-state index is 0.379. The minimum Gasteiger partial charge on any atom is -0.339 e. The Morgan fingerprint density at radius 3 is 2.69 bits per heavy atom. The van der Waals surface area contributed by atoms with E-state index in [0.29, 0.717) is 21.6 Å². The molecule has 0 aliphatic rings. The fourth-order valence-corrected chi connectivity index (χ4v) is 1.55. The molecule has 0 amide bonds. The first-order valence-electron chi connectivity index (χ1n) is 4.50. The molecular weight excluding hydrogens is 250 g/mol. The second-order valence-corrected chi connectivity index (χ2v) is 3.94. The van der Waals surface area contributed by atoms with Gasteiger partial charge in [-0.2, -0.15) is 4.39 Å². The van der Waals surface area contributed by atoms with E-state index in [2.05, 4.69) is 10.3 Å². The molecule has 1 heterocycles. The molecule has 0 aliphatic heterocycles. The molecule has 16 heavy (non-hydrogen) atoms. The average Bonchev–Trinajstić information content (AvgIpc) is 2.24. The van der Waals surface area contributed by atoms with Gasteiger partial charge in [0.15, 0.2) is 0 Å². The maximum absolute atomic E-state index is 12.8. The topological polar surface area (TPSA) is 24.9 Å². The molecular formula is C11H7Cl2FN2. The Bertz CT molecular complexity index is 517. The van der Waals surface area contributed by atoms with Crippen LogP contribution in [0.3, 0.4) is 0 Å². The Kier molecular flexibility index (Phi) is 3.27. The zero-order chi connectivity index (χ0) is 11.5. The molecule has 1 aromatic heterocycles. The monoisotopic (exact) mass is 256 g/mol. The van der Waals surface area contributed by atoms with Gasteiger partial charge in [-0.15, -0.1) is 0 Å². The van der Waals surface area contributed by atoms with Crippen LogP contribution in [0.4, 0.5) is 15.9 Å². The smallest absolute Gasteiger partial charge is 0.214 e. The predicted molar refractivity (Wildman–Crippen MR) is 63.9 cm³/mol. The van der Waals surface area contributed by atoms with Gasteiger partial charge in [0, 0.05) is 5.02 Å². The highest BCUT2D eigenvalue weighted by molar-refractivity contribution is 6.35. The van der Waals surface area contributed by atoms with E-state index in [-0.39, 0.29) is 0 Å². The zero-order valence-corrected chi connectivity index (χ0v) is 9.56. The van der Waals surface area contributed by atoms with Crippen LogP contribution < -0.4 is 5.32 Å². The van der Waals surface area contributed by atoms with E-state index in [0.717, 1.165) is 0 Å². The SMILES string of the molecule is Fc1cccc(Nc2cc(Cl)ccc2Cl)n1. The average molecular weight is 257 g/mol. The van der Waals surface area contributed by atoms with Crippen molar-refractivity contribution < 1.29 is 4.39 Å². The van der Waals surface area contributed by atoms with Crippen molar-refractivity contribution in [2.24, 2.45) is 0 Å². The molecule has 2 nitrogen and oxygen atoms in total. The summed E-state index contributed by atoms with van der Waals surface area (Å²) in [4.78, 5) is 3.66. The number of aromatic nitrogens is 1. The summed E-state index contributed by atoms with van der Waals surface area (Å²) in [5.74, 6) is -0.174. The minimum atomic E-state index is -0.553. The summed E-state index contributed by atoms with van der Waals surface area (Å²) in [6.45, 7) is 0. The first-order chi connectivity index (χ1) is 7.65. The lowest BCUT2D eigenvalue weighted by Crippen LogP contribution is -1.95. The number of nitrogens with one attached hydrogen (secondary N) is 1. The highest BCUT2D eigenvalue weighted by Gasteiger charge is 2.03. The van der Waals surface area contributed by atoms with Gasteiger partial charge in [-0.1, -0.05) is 29.3 Å². The van der Waals surface area contributed by atoms with E-state index >= 15 is 0 Å². The fourth-order valence-electron chi connectivity index (χ4n) is 1.21. The normalized spacial score (nSPS) is 10.2. The summed E-state index contributed by atoms with van der Waals surface area (Å²) < 4.78 is 12.8. The second-order valence-electron chi connectivity index (χ2n) is 3.09. The zero-order valence-electron chi connectivity index (χ0n) is 8.05. The molecule has 0 radical (unpaired) electrons. The number of hydrogen-bond acceptors (Lipinski definition) is 2. The van der Waals surface area contributed by atoms with E-state index in [1.54, 1.807) is 30.3 Å². The van der Waals surface area contributed by atoms with Crippen molar-refractivity contribution in [3.05, 3.63) is 52.4 Å². The van der Waals surface area contributed by atoms with Crippen LogP contribution in [0, 0.1) is 5.95 Å². The molecule has 0 saturated heterocycles. The molecule has 0 unspecified atom stereocenters. The molecule has 0 fully saturated rings. The van der Waals surface area contributed by atoms with Crippen molar-refractivity contribution in [3.63, 3.8) is 0 Å². The molecule has 0 bridgehead atoms. The highest BCUT2D eigenvalue weighted by Crippen LogP contribution is 2.27. The first-order valence-corrected chi connectivity index (χ1v) is 5.25. The summed E-state index contributed by atoms with van der Waals surface area (Å²) in [5, 5.41) is 3.93. The van der Waals surface area contributed by atoms with E-state index in [9.17, 15) is 4.39 Å². The number of anilines is 2. The third-order valence-corrected chi connectivity index (χ3v) is 2.47. The van der Waals surface area contributed by atoms with Crippen LogP contribution in [-0.4, -0.2) is 4.98 Å². The van der Waals surface area contributed by atoms with Gasteiger partial charge in [0.25, 0.3) is 0 Å². The van der Waals surface area contributed by atoms with Crippen LogP contribution in [0.15, 0.2) is 36.4 Å². The Hall–Kier alpha value is -1.32. The summed E-state index contributed by atoms with van der Waals surface area (Å²) >= 11 is 11.8. The number of hydrogen-bond donors (Lipinski definition) is 1. The molecule has 2 rings (SSSR count). The Labute approximate surface area is 102 Å². The molecule has 0 aliphatic carbocycles. The second kappa shape index (κ2) is 4.68. The molecule has 0 atom stereocenters. The molecule has 2 aromatic rings. The van der Waals surface area contributed by atoms with Crippen molar-refractivity contribution in [1.82, 2.24) is 4.98 Å². The maximum Gasteiger partial charge on any atom is 0.214 e. The predicted octanol–water partition coefficient (Wildman–Crippen LogP) is 4.27. The van der Waals surface area contributed by atoms with Gasteiger partial charge >= 0.3 is 0 Å². The summed E-state index contributed by atoms with van der Waals surface area (Å²) in [6, 6.07) is 9.45. The van der Waals surface area contributed by atoms with Gasteiger partial charge in [0.2, 0.25) is 5.95 Å². The van der Waals surface area contributed by atoms with Crippen LogP contribution >= 0.6 is 23.2 Å². The maximum atomic E-state index is 12.8.